The number of hydrogen-bond acceptors (Lipinski definition) is 4. The minimum absolute atomic E-state index is 0.204. The van der Waals surface area contributed by atoms with E-state index in [0.29, 0.717) is 16.6 Å². The van der Waals surface area contributed by atoms with Crippen molar-refractivity contribution < 1.29 is 15.0 Å². The van der Waals surface area contributed by atoms with E-state index in [1.165, 1.54) is 18.2 Å². The summed E-state index contributed by atoms with van der Waals surface area (Å²) in [6.45, 7) is 0. The second kappa shape index (κ2) is 3.59. The van der Waals surface area contributed by atoms with E-state index in [-0.39, 0.29) is 23.7 Å². The second-order valence-corrected chi connectivity index (χ2v) is 3.37. The number of hydrogen-bond donors (Lipinski definition) is 3. The van der Waals surface area contributed by atoms with E-state index < -0.39 is 0 Å². The Labute approximate surface area is 90.6 Å². The maximum absolute atomic E-state index is 11.4. The van der Waals surface area contributed by atoms with Crippen LogP contribution >= 0.6 is 0 Å². The fraction of sp³-hybridized carbons (Fsp3) is 0.0909. The number of fused-ring (bicyclic) bond motifs is 1. The Morgan fingerprint density at radius 1 is 1.31 bits per heavy atom. The van der Waals surface area contributed by atoms with Crippen molar-refractivity contribution in [2.24, 2.45) is 0 Å². The lowest BCUT2D eigenvalue weighted by Gasteiger charge is -1.95. The number of aromatic hydroxyl groups is 2. The number of nitrogens with zero attached hydrogens (tertiary/aromatic N) is 1. The van der Waals surface area contributed by atoms with Crippen LogP contribution < -0.4 is 0 Å². The van der Waals surface area contributed by atoms with E-state index in [4.69, 9.17) is 5.26 Å². The highest BCUT2D eigenvalue weighted by Crippen LogP contribution is 2.30. The highest BCUT2D eigenvalue weighted by atomic mass is 16.3. The quantitative estimate of drug-likeness (QED) is 0.525. The molecule has 0 fully saturated rings. The van der Waals surface area contributed by atoms with Crippen LogP contribution in [-0.4, -0.2) is 21.0 Å². The molecular weight excluding hydrogens is 208 g/mol. The van der Waals surface area contributed by atoms with Gasteiger partial charge in [-0.05, 0) is 12.1 Å². The van der Waals surface area contributed by atoms with Crippen molar-refractivity contribution in [1.29, 1.82) is 5.26 Å². The molecule has 1 aromatic carbocycles. The Morgan fingerprint density at radius 2 is 2.00 bits per heavy atom. The standard InChI is InChI=1S/C11H8N2O3/c12-2-1-9(14)8-3-6-4-10(15)11(16)5-7(6)13-8/h3-5,13,15-16H,1H2. The van der Waals surface area contributed by atoms with Crippen LogP contribution in [0.3, 0.4) is 0 Å². The summed E-state index contributed by atoms with van der Waals surface area (Å²) in [6.07, 6.45) is -0.204. The van der Waals surface area contributed by atoms with Crippen LogP contribution in [0.4, 0.5) is 0 Å². The van der Waals surface area contributed by atoms with E-state index in [9.17, 15) is 15.0 Å². The zero-order valence-corrected chi connectivity index (χ0v) is 8.19. The summed E-state index contributed by atoms with van der Waals surface area (Å²) >= 11 is 0. The fourth-order valence-electron chi connectivity index (χ4n) is 1.47. The van der Waals surface area contributed by atoms with E-state index in [0.717, 1.165) is 0 Å². The number of phenolic OH excluding ortho intramolecular Hbond substituents is 2. The zero-order chi connectivity index (χ0) is 11.7. The van der Waals surface area contributed by atoms with Crippen molar-refractivity contribution >= 4 is 16.7 Å². The molecule has 3 N–H and O–H groups in total. The van der Waals surface area contributed by atoms with Gasteiger partial charge in [0.2, 0.25) is 0 Å². The van der Waals surface area contributed by atoms with Crippen LogP contribution in [0.25, 0.3) is 10.9 Å². The van der Waals surface area contributed by atoms with Gasteiger partial charge in [0.15, 0.2) is 17.3 Å². The Kier molecular flexibility index (Phi) is 2.25. The van der Waals surface area contributed by atoms with Crippen molar-refractivity contribution in [3.05, 3.63) is 23.9 Å². The van der Waals surface area contributed by atoms with Crippen LogP contribution in [0, 0.1) is 11.3 Å². The molecule has 0 saturated carbocycles. The van der Waals surface area contributed by atoms with Gasteiger partial charge in [-0.3, -0.25) is 4.79 Å². The number of carbonyl (C=O) groups is 1. The third-order valence-electron chi connectivity index (χ3n) is 2.26. The lowest BCUT2D eigenvalue weighted by Crippen LogP contribution is -1.96. The molecule has 1 heterocycles. The van der Waals surface area contributed by atoms with Gasteiger partial charge in [-0.2, -0.15) is 5.26 Å². The third-order valence-corrected chi connectivity index (χ3v) is 2.26. The molecule has 0 unspecified atom stereocenters. The molecule has 0 atom stereocenters. The number of nitrogens with one attached hydrogen (secondary N) is 1. The summed E-state index contributed by atoms with van der Waals surface area (Å²) < 4.78 is 0. The summed E-state index contributed by atoms with van der Waals surface area (Å²) in [7, 11) is 0. The van der Waals surface area contributed by atoms with Gasteiger partial charge in [-0.1, -0.05) is 0 Å². The van der Waals surface area contributed by atoms with Crippen LogP contribution in [0.1, 0.15) is 16.9 Å². The molecule has 2 aromatic rings. The Bertz CT molecular complexity index is 568. The Morgan fingerprint density at radius 3 is 2.69 bits per heavy atom. The maximum Gasteiger partial charge on any atom is 0.193 e. The molecular formula is C11H8N2O3. The number of aromatic nitrogens is 1. The number of benzene rings is 1. The molecule has 0 spiro atoms. The van der Waals surface area contributed by atoms with Crippen molar-refractivity contribution in [2.75, 3.05) is 0 Å². The number of aromatic amines is 1. The number of rotatable bonds is 2. The first-order valence-corrected chi connectivity index (χ1v) is 4.56. The molecule has 5 heteroatoms. The van der Waals surface area contributed by atoms with Crippen LogP contribution in [0.15, 0.2) is 18.2 Å². The van der Waals surface area contributed by atoms with Gasteiger partial charge in [-0.15, -0.1) is 0 Å². The Hall–Kier alpha value is -2.48. The first-order chi connectivity index (χ1) is 7.61. The molecule has 0 bridgehead atoms. The van der Waals surface area contributed by atoms with Gasteiger partial charge in [0, 0.05) is 17.0 Å². The largest absolute Gasteiger partial charge is 0.504 e. The summed E-state index contributed by atoms with van der Waals surface area (Å²) in [5, 5.41) is 27.5. The molecule has 80 valence electrons. The first kappa shape index (κ1) is 10.1. The molecule has 0 radical (unpaired) electrons. The van der Waals surface area contributed by atoms with Gasteiger partial charge < -0.3 is 15.2 Å². The van der Waals surface area contributed by atoms with Gasteiger partial charge >= 0.3 is 0 Å². The number of ketones is 1. The summed E-state index contributed by atoms with van der Waals surface area (Å²) in [6, 6.07) is 5.98. The van der Waals surface area contributed by atoms with Gasteiger partial charge in [-0.25, -0.2) is 0 Å². The minimum Gasteiger partial charge on any atom is -0.504 e. The summed E-state index contributed by atoms with van der Waals surface area (Å²) in [5.74, 6) is -0.822. The monoisotopic (exact) mass is 216 g/mol. The smallest absolute Gasteiger partial charge is 0.193 e. The third kappa shape index (κ3) is 1.57. The molecule has 1 aromatic heterocycles. The molecule has 2 rings (SSSR count). The van der Waals surface area contributed by atoms with Gasteiger partial charge in [0.1, 0.15) is 6.42 Å². The maximum atomic E-state index is 11.4. The fourth-order valence-corrected chi connectivity index (χ4v) is 1.47. The number of nitriles is 1. The highest BCUT2D eigenvalue weighted by Gasteiger charge is 2.10. The van der Waals surface area contributed by atoms with E-state index >= 15 is 0 Å². The van der Waals surface area contributed by atoms with E-state index in [2.05, 4.69) is 4.98 Å². The molecule has 0 aliphatic carbocycles. The Balaban J connectivity index is 2.53. The van der Waals surface area contributed by atoms with Crippen LogP contribution in [-0.2, 0) is 0 Å². The van der Waals surface area contributed by atoms with E-state index in [1.807, 2.05) is 0 Å². The normalized spacial score (nSPS) is 10.2. The summed E-state index contributed by atoms with van der Waals surface area (Å²) in [4.78, 5) is 14.2. The minimum atomic E-state index is -0.322. The topological polar surface area (TPSA) is 97.1 Å². The van der Waals surface area contributed by atoms with Crippen LogP contribution in [0.5, 0.6) is 11.5 Å². The average molecular weight is 216 g/mol. The van der Waals surface area contributed by atoms with Crippen LogP contribution in [0.2, 0.25) is 0 Å². The lowest BCUT2D eigenvalue weighted by atomic mass is 10.2. The number of phenols is 2. The summed E-state index contributed by atoms with van der Waals surface area (Å²) in [5.41, 5.74) is 0.832. The van der Waals surface area contributed by atoms with Crippen molar-refractivity contribution in [2.45, 2.75) is 6.42 Å². The molecule has 5 nitrogen and oxygen atoms in total. The molecule has 0 aliphatic rings. The van der Waals surface area contributed by atoms with Gasteiger partial charge in [0.05, 0.1) is 11.8 Å². The van der Waals surface area contributed by atoms with Crippen molar-refractivity contribution in [3.8, 4) is 17.6 Å². The predicted molar refractivity (Wildman–Crippen MR) is 56.2 cm³/mol. The number of Topliss-reactive ketones (excluding diaryl/α,β-unsaturated/α-hetero) is 1. The first-order valence-electron chi connectivity index (χ1n) is 4.56. The van der Waals surface area contributed by atoms with Crippen molar-refractivity contribution in [1.82, 2.24) is 4.98 Å². The highest BCUT2D eigenvalue weighted by molar-refractivity contribution is 6.00. The average Bonchev–Trinajstić information content (AvgIpc) is 2.62. The van der Waals surface area contributed by atoms with Gasteiger partial charge in [0.25, 0.3) is 0 Å². The van der Waals surface area contributed by atoms with E-state index in [1.54, 1.807) is 6.07 Å². The lowest BCUT2D eigenvalue weighted by molar-refractivity contribution is 0.0994. The molecule has 0 amide bonds. The predicted octanol–water partition coefficient (Wildman–Crippen LogP) is 1.68. The molecule has 0 aliphatic heterocycles. The number of H-pyrrole nitrogens is 1. The molecule has 0 saturated heterocycles. The second-order valence-electron chi connectivity index (χ2n) is 3.37. The zero-order valence-electron chi connectivity index (χ0n) is 8.19. The molecule has 16 heavy (non-hydrogen) atoms. The SMILES string of the molecule is N#CCC(=O)c1cc2cc(O)c(O)cc2[nH]1. The number of carbonyl (C=O) groups excluding carboxylic acids is 1. The van der Waals surface area contributed by atoms with Crippen molar-refractivity contribution in [3.63, 3.8) is 0 Å².